The quantitative estimate of drug-likeness (QED) is 0.252. The lowest BCUT2D eigenvalue weighted by atomic mass is 10.2. The Morgan fingerprint density at radius 2 is 1.48 bits per heavy atom. The Morgan fingerprint density at radius 1 is 0.879 bits per heavy atom. The summed E-state index contributed by atoms with van der Waals surface area (Å²) in [7, 11) is 0. The molecule has 0 bridgehead atoms. The lowest BCUT2D eigenvalue weighted by molar-refractivity contribution is 0.142. The molecule has 3 rings (SSSR count). The van der Waals surface area contributed by atoms with Gasteiger partial charge in [-0.25, -0.2) is 4.99 Å². The van der Waals surface area contributed by atoms with Gasteiger partial charge < -0.3 is 10.1 Å². The maximum atomic E-state index is 6.02. The Morgan fingerprint density at radius 3 is 2.06 bits per heavy atom. The summed E-state index contributed by atoms with van der Waals surface area (Å²) in [6.07, 6.45) is 0. The van der Waals surface area contributed by atoms with Gasteiger partial charge in [0.1, 0.15) is 18.2 Å². The largest absolute Gasteiger partial charge is 0.492 e. The molecule has 176 valence electrons. The molecule has 0 aliphatic carbocycles. The van der Waals surface area contributed by atoms with Crippen molar-refractivity contribution in [1.82, 2.24) is 4.90 Å². The molecular formula is C27H33Cl2N3O. The summed E-state index contributed by atoms with van der Waals surface area (Å²) < 4.78 is 5.98. The normalized spacial score (nSPS) is 11.6. The Kier molecular flexibility index (Phi) is 10.7. The summed E-state index contributed by atoms with van der Waals surface area (Å²) in [4.78, 5) is 7.23. The molecule has 33 heavy (non-hydrogen) atoms. The molecule has 0 aliphatic heterocycles. The van der Waals surface area contributed by atoms with E-state index >= 15 is 0 Å². The van der Waals surface area contributed by atoms with Crippen LogP contribution < -0.4 is 10.1 Å². The molecular weight excluding hydrogens is 453 g/mol. The van der Waals surface area contributed by atoms with Crippen LogP contribution in [-0.2, 0) is 0 Å². The molecule has 0 saturated heterocycles. The van der Waals surface area contributed by atoms with E-state index in [1.807, 2.05) is 78.9 Å². The van der Waals surface area contributed by atoms with E-state index in [0.717, 1.165) is 35.1 Å². The van der Waals surface area contributed by atoms with Crippen LogP contribution in [0.15, 0.2) is 83.9 Å². The second-order valence-electron chi connectivity index (χ2n) is 8.23. The Bertz CT molecular complexity index is 980. The lowest BCUT2D eigenvalue weighted by Gasteiger charge is -2.30. The monoisotopic (exact) mass is 485 g/mol. The molecule has 0 saturated carbocycles. The fraction of sp³-hybridized carbons (Fsp3) is 0.296. The van der Waals surface area contributed by atoms with Crippen LogP contribution in [0.25, 0.3) is 0 Å². The van der Waals surface area contributed by atoms with Gasteiger partial charge in [0.2, 0.25) is 0 Å². The van der Waals surface area contributed by atoms with E-state index in [-0.39, 0.29) is 12.4 Å². The molecule has 0 radical (unpaired) electrons. The van der Waals surface area contributed by atoms with Gasteiger partial charge in [-0.3, -0.25) is 4.90 Å². The van der Waals surface area contributed by atoms with Gasteiger partial charge in [-0.05, 0) is 76.2 Å². The third-order valence-corrected chi connectivity index (χ3v) is 5.43. The van der Waals surface area contributed by atoms with Crippen LogP contribution in [0.5, 0.6) is 5.75 Å². The molecule has 3 aromatic carbocycles. The fourth-order valence-electron chi connectivity index (χ4n) is 3.56. The second-order valence-corrected chi connectivity index (χ2v) is 8.66. The van der Waals surface area contributed by atoms with E-state index in [9.17, 15) is 0 Å². The van der Waals surface area contributed by atoms with E-state index in [0.29, 0.717) is 23.7 Å². The maximum absolute atomic E-state index is 6.02. The van der Waals surface area contributed by atoms with Crippen molar-refractivity contribution in [3.05, 3.63) is 89.4 Å². The van der Waals surface area contributed by atoms with Crippen LogP contribution in [0.4, 0.5) is 11.4 Å². The van der Waals surface area contributed by atoms with Gasteiger partial charge in [0.25, 0.3) is 0 Å². The van der Waals surface area contributed by atoms with Crippen LogP contribution in [-0.4, -0.2) is 36.0 Å². The number of hydrogen-bond donors (Lipinski definition) is 1. The zero-order valence-corrected chi connectivity index (χ0v) is 21.2. The maximum Gasteiger partial charge on any atom is 0.138 e. The van der Waals surface area contributed by atoms with Crippen LogP contribution in [0.1, 0.15) is 33.3 Å². The van der Waals surface area contributed by atoms with Gasteiger partial charge in [0.15, 0.2) is 0 Å². The number of benzene rings is 3. The zero-order chi connectivity index (χ0) is 22.9. The second kappa shape index (κ2) is 13.2. The third kappa shape index (κ3) is 8.39. The summed E-state index contributed by atoms with van der Waals surface area (Å²) >= 11 is 6.02. The van der Waals surface area contributed by atoms with Crippen molar-refractivity contribution in [1.29, 1.82) is 0 Å². The predicted molar refractivity (Wildman–Crippen MR) is 144 cm³/mol. The van der Waals surface area contributed by atoms with Crippen molar-refractivity contribution in [2.75, 3.05) is 18.5 Å². The van der Waals surface area contributed by atoms with Crippen LogP contribution >= 0.6 is 24.0 Å². The van der Waals surface area contributed by atoms with Gasteiger partial charge in [0, 0.05) is 34.9 Å². The molecule has 6 heteroatoms. The number of ether oxygens (including phenoxy) is 1. The number of amidine groups is 1. The fourth-order valence-corrected chi connectivity index (χ4v) is 3.68. The van der Waals surface area contributed by atoms with Crippen molar-refractivity contribution in [2.24, 2.45) is 4.99 Å². The van der Waals surface area contributed by atoms with Crippen molar-refractivity contribution in [3.63, 3.8) is 0 Å². The van der Waals surface area contributed by atoms with Gasteiger partial charge in [-0.2, -0.15) is 0 Å². The summed E-state index contributed by atoms with van der Waals surface area (Å²) in [6.45, 7) is 10.4. The van der Waals surface area contributed by atoms with E-state index in [4.69, 9.17) is 21.3 Å². The number of nitrogens with one attached hydrogen (secondary N) is 1. The van der Waals surface area contributed by atoms with Crippen LogP contribution in [0.2, 0.25) is 5.02 Å². The molecule has 0 unspecified atom stereocenters. The van der Waals surface area contributed by atoms with Crippen LogP contribution in [0.3, 0.4) is 0 Å². The molecule has 0 spiro atoms. The number of nitrogens with zero attached hydrogens (tertiary/aromatic N) is 2. The van der Waals surface area contributed by atoms with E-state index in [1.165, 1.54) is 0 Å². The molecule has 0 fully saturated rings. The predicted octanol–water partition coefficient (Wildman–Crippen LogP) is 7.45. The molecule has 3 aromatic rings. The topological polar surface area (TPSA) is 36.9 Å². The molecule has 0 aromatic heterocycles. The van der Waals surface area contributed by atoms with Gasteiger partial charge in [0.05, 0.1) is 5.69 Å². The molecule has 0 atom stereocenters. The number of rotatable bonds is 9. The first-order valence-corrected chi connectivity index (χ1v) is 11.5. The standard InChI is InChI=1S/C27H32ClN3O.ClH/c1-20(2)31(21(3)4)18-19-32-26-16-14-25(15-17-26)30-27(22-8-6-5-7-9-22)29-24-12-10-23(28)11-13-24;/h5-17,20-21H,18-19H2,1-4H3,(H,29,30);1H. The Hall–Kier alpha value is -2.53. The molecule has 0 aliphatic rings. The first-order valence-electron chi connectivity index (χ1n) is 11.1. The Balaban J connectivity index is 0.00000385. The smallest absolute Gasteiger partial charge is 0.138 e. The first kappa shape index (κ1) is 26.7. The van der Waals surface area contributed by atoms with Crippen molar-refractivity contribution in [3.8, 4) is 5.75 Å². The summed E-state index contributed by atoms with van der Waals surface area (Å²) in [5.41, 5.74) is 2.78. The first-order chi connectivity index (χ1) is 15.4. The molecule has 1 N–H and O–H groups in total. The lowest BCUT2D eigenvalue weighted by Crippen LogP contribution is -2.39. The average molecular weight is 486 g/mol. The van der Waals surface area contributed by atoms with E-state index < -0.39 is 0 Å². The SMILES string of the molecule is CC(C)N(CCOc1ccc(NC(=Nc2ccc(Cl)cc2)c2ccccc2)cc1)C(C)C.Cl. The number of halogens is 2. The number of hydrogen-bond acceptors (Lipinski definition) is 3. The molecule has 0 amide bonds. The minimum atomic E-state index is 0. The molecule has 0 heterocycles. The third-order valence-electron chi connectivity index (χ3n) is 5.18. The highest BCUT2D eigenvalue weighted by Gasteiger charge is 2.13. The average Bonchev–Trinajstić information content (AvgIpc) is 2.79. The van der Waals surface area contributed by atoms with Crippen molar-refractivity contribution < 1.29 is 4.74 Å². The highest BCUT2D eigenvalue weighted by molar-refractivity contribution is 6.30. The van der Waals surface area contributed by atoms with E-state index in [2.05, 4.69) is 37.9 Å². The number of anilines is 1. The summed E-state index contributed by atoms with van der Waals surface area (Å²) in [5.74, 6) is 1.63. The minimum Gasteiger partial charge on any atom is -0.492 e. The number of aliphatic imine (C=N–C) groups is 1. The van der Waals surface area contributed by atoms with Gasteiger partial charge in [-0.1, -0.05) is 41.9 Å². The minimum absolute atomic E-state index is 0. The Labute approximate surface area is 209 Å². The summed E-state index contributed by atoms with van der Waals surface area (Å²) in [5, 5.41) is 4.14. The highest BCUT2D eigenvalue weighted by atomic mass is 35.5. The van der Waals surface area contributed by atoms with E-state index in [1.54, 1.807) is 0 Å². The van der Waals surface area contributed by atoms with Crippen LogP contribution in [0, 0.1) is 0 Å². The summed E-state index contributed by atoms with van der Waals surface area (Å²) in [6, 6.07) is 26.6. The van der Waals surface area contributed by atoms with Gasteiger partial charge in [-0.15, -0.1) is 12.4 Å². The van der Waals surface area contributed by atoms with Crippen molar-refractivity contribution in [2.45, 2.75) is 39.8 Å². The van der Waals surface area contributed by atoms with Crippen molar-refractivity contribution >= 4 is 41.2 Å². The van der Waals surface area contributed by atoms with Gasteiger partial charge >= 0.3 is 0 Å². The molecule has 4 nitrogen and oxygen atoms in total. The zero-order valence-electron chi connectivity index (χ0n) is 19.7. The highest BCUT2D eigenvalue weighted by Crippen LogP contribution is 2.21.